The lowest BCUT2D eigenvalue weighted by atomic mass is 10.0. The van der Waals surface area contributed by atoms with Gasteiger partial charge in [-0.05, 0) is 57.7 Å². The van der Waals surface area contributed by atoms with Crippen LogP contribution in [0.1, 0.15) is 37.8 Å². The maximum atomic E-state index is 13.1. The van der Waals surface area contributed by atoms with Crippen LogP contribution in [0.25, 0.3) is 0 Å². The number of hydrogen-bond acceptors (Lipinski definition) is 4. The molecule has 0 aromatic heterocycles. The fourth-order valence-corrected chi connectivity index (χ4v) is 5.65. The molecule has 2 heterocycles. The summed E-state index contributed by atoms with van der Waals surface area (Å²) in [5.74, 6) is 0. The van der Waals surface area contributed by atoms with Crippen molar-refractivity contribution in [3.63, 3.8) is 0 Å². The summed E-state index contributed by atoms with van der Waals surface area (Å²) in [5.41, 5.74) is 1.66. The fourth-order valence-electron chi connectivity index (χ4n) is 3.83. The van der Waals surface area contributed by atoms with Crippen molar-refractivity contribution in [3.8, 4) is 0 Å². The Hall–Kier alpha value is -1.64. The Morgan fingerprint density at radius 1 is 1.18 bits per heavy atom. The number of benzene rings is 1. The standard InChI is InChI=1S/C20H31N3O4S/c1-14(2)21-20(24)23(17-7-9-27-10-8-17)18-12-22(13-18)28(25,26)19-11-15(3)5-6-16(19)4/h5-6,11,14,17-18H,7-10,12-13H2,1-4H3,(H,21,24). The number of aryl methyl sites for hydroxylation is 2. The Morgan fingerprint density at radius 3 is 2.43 bits per heavy atom. The van der Waals surface area contributed by atoms with Gasteiger partial charge >= 0.3 is 6.03 Å². The molecule has 28 heavy (non-hydrogen) atoms. The first-order valence-corrected chi connectivity index (χ1v) is 11.4. The lowest BCUT2D eigenvalue weighted by molar-refractivity contribution is 0.0108. The largest absolute Gasteiger partial charge is 0.381 e. The van der Waals surface area contributed by atoms with Gasteiger partial charge in [0.2, 0.25) is 10.0 Å². The van der Waals surface area contributed by atoms with Gasteiger partial charge in [0, 0.05) is 38.4 Å². The minimum Gasteiger partial charge on any atom is -0.381 e. The molecule has 2 saturated heterocycles. The van der Waals surface area contributed by atoms with Crippen LogP contribution in [-0.4, -0.2) is 68.1 Å². The van der Waals surface area contributed by atoms with Gasteiger partial charge in [0.05, 0.1) is 10.9 Å². The average Bonchev–Trinajstić information content (AvgIpc) is 2.59. The third kappa shape index (κ3) is 4.34. The summed E-state index contributed by atoms with van der Waals surface area (Å²) in [6.07, 6.45) is 1.57. The molecule has 156 valence electrons. The van der Waals surface area contributed by atoms with Crippen molar-refractivity contribution < 1.29 is 17.9 Å². The van der Waals surface area contributed by atoms with Crippen LogP contribution >= 0.6 is 0 Å². The van der Waals surface area contributed by atoms with Crippen LogP contribution in [0.5, 0.6) is 0 Å². The van der Waals surface area contributed by atoms with Crippen LogP contribution in [-0.2, 0) is 14.8 Å². The minimum absolute atomic E-state index is 0.0321. The summed E-state index contributed by atoms with van der Waals surface area (Å²) in [7, 11) is -3.55. The zero-order valence-electron chi connectivity index (χ0n) is 17.1. The van der Waals surface area contributed by atoms with Gasteiger partial charge in [0.1, 0.15) is 0 Å². The molecule has 0 radical (unpaired) electrons. The molecule has 0 aliphatic carbocycles. The van der Waals surface area contributed by atoms with Crippen molar-refractivity contribution in [3.05, 3.63) is 29.3 Å². The maximum Gasteiger partial charge on any atom is 0.318 e. The number of rotatable bonds is 5. The predicted octanol–water partition coefficient (Wildman–Crippen LogP) is 2.28. The molecule has 8 heteroatoms. The molecule has 7 nitrogen and oxygen atoms in total. The lowest BCUT2D eigenvalue weighted by Gasteiger charge is -2.48. The number of nitrogens with one attached hydrogen (secondary N) is 1. The molecule has 0 bridgehead atoms. The van der Waals surface area contributed by atoms with Crippen molar-refractivity contribution in [2.24, 2.45) is 0 Å². The third-order valence-electron chi connectivity index (χ3n) is 5.41. The zero-order chi connectivity index (χ0) is 20.5. The second-order valence-corrected chi connectivity index (χ2v) is 10.0. The molecule has 0 atom stereocenters. The molecule has 0 unspecified atom stereocenters. The van der Waals surface area contributed by atoms with E-state index in [9.17, 15) is 13.2 Å². The number of ether oxygens (including phenoxy) is 1. The van der Waals surface area contributed by atoms with Gasteiger partial charge in [-0.1, -0.05) is 12.1 Å². The smallest absolute Gasteiger partial charge is 0.318 e. The number of carbonyl (C=O) groups is 1. The molecule has 0 saturated carbocycles. The average molecular weight is 410 g/mol. The summed E-state index contributed by atoms with van der Waals surface area (Å²) < 4.78 is 33.0. The van der Waals surface area contributed by atoms with Gasteiger partial charge < -0.3 is 15.0 Å². The third-order valence-corrected chi connectivity index (χ3v) is 7.39. The number of urea groups is 1. The molecule has 1 N–H and O–H groups in total. The Balaban J connectivity index is 1.75. The molecule has 2 aliphatic heterocycles. The second-order valence-electron chi connectivity index (χ2n) is 8.10. The van der Waals surface area contributed by atoms with Gasteiger partial charge in [-0.2, -0.15) is 4.31 Å². The number of hydrogen-bond donors (Lipinski definition) is 1. The monoisotopic (exact) mass is 409 g/mol. The number of nitrogens with zero attached hydrogens (tertiary/aromatic N) is 2. The van der Waals surface area contributed by atoms with E-state index in [-0.39, 0.29) is 24.2 Å². The highest BCUT2D eigenvalue weighted by Gasteiger charge is 2.44. The van der Waals surface area contributed by atoms with Crippen molar-refractivity contribution >= 4 is 16.1 Å². The van der Waals surface area contributed by atoms with E-state index in [2.05, 4.69) is 5.32 Å². The van der Waals surface area contributed by atoms with Crippen LogP contribution in [0.2, 0.25) is 0 Å². The number of amides is 2. The summed E-state index contributed by atoms with van der Waals surface area (Å²) >= 11 is 0. The molecule has 2 aliphatic rings. The summed E-state index contributed by atoms with van der Waals surface area (Å²) in [6, 6.07) is 5.37. The van der Waals surface area contributed by atoms with Crippen LogP contribution < -0.4 is 5.32 Å². The quantitative estimate of drug-likeness (QED) is 0.809. The van der Waals surface area contributed by atoms with Crippen molar-refractivity contribution in [1.29, 1.82) is 0 Å². The highest BCUT2D eigenvalue weighted by atomic mass is 32.2. The Labute approximate surface area is 168 Å². The van der Waals surface area contributed by atoms with E-state index in [1.807, 2.05) is 44.7 Å². The lowest BCUT2D eigenvalue weighted by Crippen LogP contribution is -2.66. The van der Waals surface area contributed by atoms with Gasteiger partial charge in [-0.3, -0.25) is 0 Å². The molecule has 1 aromatic carbocycles. The van der Waals surface area contributed by atoms with Gasteiger partial charge in [0.25, 0.3) is 0 Å². The predicted molar refractivity (Wildman–Crippen MR) is 108 cm³/mol. The number of carbonyl (C=O) groups excluding carboxylic acids is 1. The van der Waals surface area contributed by atoms with E-state index in [1.165, 1.54) is 4.31 Å². The van der Waals surface area contributed by atoms with E-state index in [0.717, 1.165) is 24.0 Å². The normalized spacial score (nSPS) is 19.5. The van der Waals surface area contributed by atoms with Crippen molar-refractivity contribution in [2.45, 2.75) is 63.6 Å². The van der Waals surface area contributed by atoms with Crippen LogP contribution in [0.3, 0.4) is 0 Å². The minimum atomic E-state index is -3.55. The van der Waals surface area contributed by atoms with E-state index in [4.69, 9.17) is 4.74 Å². The topological polar surface area (TPSA) is 79.0 Å². The van der Waals surface area contributed by atoms with Gasteiger partial charge in [-0.25, -0.2) is 13.2 Å². The summed E-state index contributed by atoms with van der Waals surface area (Å²) in [4.78, 5) is 15.0. The second kappa shape index (κ2) is 8.39. The number of sulfonamides is 1. The SMILES string of the molecule is Cc1ccc(C)c(S(=O)(=O)N2CC(N(C(=O)NC(C)C)C3CCOCC3)C2)c1. The fraction of sp³-hybridized carbons (Fsp3) is 0.650. The highest BCUT2D eigenvalue weighted by Crippen LogP contribution is 2.29. The van der Waals surface area contributed by atoms with Crippen LogP contribution in [0.15, 0.2) is 23.1 Å². The molecule has 0 spiro atoms. The zero-order valence-corrected chi connectivity index (χ0v) is 18.0. The first-order valence-electron chi connectivity index (χ1n) is 9.94. The van der Waals surface area contributed by atoms with Crippen LogP contribution in [0.4, 0.5) is 4.79 Å². The molecule has 2 amide bonds. The van der Waals surface area contributed by atoms with Crippen LogP contribution in [0, 0.1) is 13.8 Å². The highest BCUT2D eigenvalue weighted by molar-refractivity contribution is 7.89. The first-order chi connectivity index (χ1) is 13.2. The van der Waals surface area contributed by atoms with E-state index >= 15 is 0 Å². The Kier molecular flexibility index (Phi) is 6.31. The van der Waals surface area contributed by atoms with E-state index in [0.29, 0.717) is 31.2 Å². The van der Waals surface area contributed by atoms with Gasteiger partial charge in [-0.15, -0.1) is 0 Å². The van der Waals surface area contributed by atoms with E-state index in [1.54, 1.807) is 6.07 Å². The molecule has 3 rings (SSSR count). The Bertz CT molecular complexity index is 813. The Morgan fingerprint density at radius 2 is 1.82 bits per heavy atom. The molecular formula is C20H31N3O4S. The van der Waals surface area contributed by atoms with Crippen molar-refractivity contribution in [2.75, 3.05) is 26.3 Å². The molecule has 2 fully saturated rings. The van der Waals surface area contributed by atoms with Crippen molar-refractivity contribution in [1.82, 2.24) is 14.5 Å². The van der Waals surface area contributed by atoms with E-state index < -0.39 is 10.0 Å². The molecular weight excluding hydrogens is 378 g/mol. The molecule has 1 aromatic rings. The summed E-state index contributed by atoms with van der Waals surface area (Å²) in [6.45, 7) is 9.49. The first kappa shape index (κ1) is 21.1. The summed E-state index contributed by atoms with van der Waals surface area (Å²) in [5, 5.41) is 2.97. The van der Waals surface area contributed by atoms with Gasteiger partial charge in [0.15, 0.2) is 0 Å². The maximum absolute atomic E-state index is 13.1.